The first-order valence-corrected chi connectivity index (χ1v) is 6.25. The van der Waals surface area contributed by atoms with Crippen LogP contribution < -0.4 is 5.32 Å². The highest BCUT2D eigenvalue weighted by Crippen LogP contribution is 2.38. The standard InChI is InChI=1S/C10H19IN2/c1-9(2,11)13-5-3-10(4-6-13)7-12-8-10/h12H,3-8H2,1-2H3. The Hall–Kier alpha value is 0.650. The molecule has 13 heavy (non-hydrogen) atoms. The molecule has 1 N–H and O–H groups in total. The van der Waals surface area contributed by atoms with E-state index in [4.69, 9.17) is 0 Å². The molecule has 0 saturated carbocycles. The van der Waals surface area contributed by atoms with Gasteiger partial charge in [0.15, 0.2) is 0 Å². The molecule has 76 valence electrons. The molecule has 0 unspecified atom stereocenters. The molecule has 0 aromatic heterocycles. The lowest BCUT2D eigenvalue weighted by Crippen LogP contribution is -2.59. The Morgan fingerprint density at radius 2 is 1.77 bits per heavy atom. The maximum Gasteiger partial charge on any atom is 0.0673 e. The van der Waals surface area contributed by atoms with Gasteiger partial charge in [0, 0.05) is 26.2 Å². The fourth-order valence-corrected chi connectivity index (χ4v) is 2.83. The smallest absolute Gasteiger partial charge is 0.0673 e. The van der Waals surface area contributed by atoms with E-state index in [1.807, 2.05) is 0 Å². The summed E-state index contributed by atoms with van der Waals surface area (Å²) in [6.45, 7) is 9.73. The van der Waals surface area contributed by atoms with E-state index in [0.29, 0.717) is 8.96 Å². The summed E-state index contributed by atoms with van der Waals surface area (Å²) in [7, 11) is 0. The second-order valence-electron chi connectivity index (χ2n) is 5.00. The normalized spacial score (nSPS) is 28.8. The number of alkyl halides is 1. The molecule has 2 aliphatic rings. The Labute approximate surface area is 94.6 Å². The number of nitrogens with zero attached hydrogens (tertiary/aromatic N) is 1. The predicted octanol–water partition coefficient (Wildman–Crippen LogP) is 1.84. The molecule has 2 nitrogen and oxygen atoms in total. The first-order chi connectivity index (χ1) is 6.02. The van der Waals surface area contributed by atoms with Crippen molar-refractivity contribution in [3.8, 4) is 0 Å². The number of rotatable bonds is 1. The van der Waals surface area contributed by atoms with Crippen LogP contribution in [0.2, 0.25) is 0 Å². The summed E-state index contributed by atoms with van der Waals surface area (Å²) in [6, 6.07) is 0. The van der Waals surface area contributed by atoms with E-state index in [2.05, 4.69) is 46.7 Å². The second kappa shape index (κ2) is 3.35. The molecule has 0 radical (unpaired) electrons. The second-order valence-corrected chi connectivity index (χ2v) is 7.64. The van der Waals surface area contributed by atoms with Gasteiger partial charge in [0.25, 0.3) is 0 Å². The fraction of sp³-hybridized carbons (Fsp3) is 1.00. The van der Waals surface area contributed by atoms with E-state index >= 15 is 0 Å². The van der Waals surface area contributed by atoms with Crippen molar-refractivity contribution < 1.29 is 0 Å². The van der Waals surface area contributed by atoms with E-state index in [-0.39, 0.29) is 0 Å². The van der Waals surface area contributed by atoms with Crippen LogP contribution in [0.4, 0.5) is 0 Å². The lowest BCUT2D eigenvalue weighted by atomic mass is 9.73. The predicted molar refractivity (Wildman–Crippen MR) is 64.2 cm³/mol. The maximum absolute atomic E-state index is 3.40. The maximum atomic E-state index is 3.40. The minimum Gasteiger partial charge on any atom is -0.316 e. The van der Waals surface area contributed by atoms with Crippen molar-refractivity contribution in [2.45, 2.75) is 30.2 Å². The van der Waals surface area contributed by atoms with Crippen molar-refractivity contribution >= 4 is 22.6 Å². The van der Waals surface area contributed by atoms with Crippen LogP contribution in [0.15, 0.2) is 0 Å². The third-order valence-electron chi connectivity index (χ3n) is 3.58. The lowest BCUT2D eigenvalue weighted by Gasteiger charge is -2.50. The number of hydrogen-bond donors (Lipinski definition) is 1. The van der Waals surface area contributed by atoms with Crippen molar-refractivity contribution in [1.82, 2.24) is 10.2 Å². The summed E-state index contributed by atoms with van der Waals surface area (Å²) in [5, 5.41) is 3.40. The summed E-state index contributed by atoms with van der Waals surface area (Å²) >= 11 is 2.55. The number of likely N-dealkylation sites (tertiary alicyclic amines) is 1. The van der Waals surface area contributed by atoms with Crippen LogP contribution >= 0.6 is 22.6 Å². The van der Waals surface area contributed by atoms with Gasteiger partial charge in [0.05, 0.1) is 3.55 Å². The van der Waals surface area contributed by atoms with Crippen LogP contribution in [0, 0.1) is 5.41 Å². The Bertz CT molecular complexity index is 184. The quantitative estimate of drug-likeness (QED) is 0.451. The molecule has 0 aromatic rings. The highest BCUT2D eigenvalue weighted by molar-refractivity contribution is 14.1. The highest BCUT2D eigenvalue weighted by Gasteiger charge is 2.41. The van der Waals surface area contributed by atoms with Crippen molar-refractivity contribution in [1.29, 1.82) is 0 Å². The van der Waals surface area contributed by atoms with Gasteiger partial charge in [0.1, 0.15) is 0 Å². The van der Waals surface area contributed by atoms with Crippen LogP contribution in [-0.2, 0) is 0 Å². The molecule has 2 rings (SSSR count). The topological polar surface area (TPSA) is 15.3 Å². The molecule has 2 aliphatic heterocycles. The van der Waals surface area contributed by atoms with Gasteiger partial charge in [-0.05, 0) is 32.1 Å². The zero-order valence-electron chi connectivity index (χ0n) is 8.57. The van der Waals surface area contributed by atoms with Crippen molar-refractivity contribution in [2.75, 3.05) is 26.2 Å². The zero-order valence-corrected chi connectivity index (χ0v) is 10.7. The third-order valence-corrected chi connectivity index (χ3v) is 4.26. The zero-order chi connectivity index (χ0) is 9.53. The van der Waals surface area contributed by atoms with E-state index < -0.39 is 0 Å². The largest absolute Gasteiger partial charge is 0.316 e. The van der Waals surface area contributed by atoms with Crippen LogP contribution in [0.1, 0.15) is 26.7 Å². The third kappa shape index (κ3) is 2.02. The van der Waals surface area contributed by atoms with Gasteiger partial charge in [-0.1, -0.05) is 22.6 Å². The molecule has 0 atom stereocenters. The Kier molecular flexibility index (Phi) is 2.62. The lowest BCUT2D eigenvalue weighted by molar-refractivity contribution is 0.0381. The van der Waals surface area contributed by atoms with Crippen molar-refractivity contribution in [2.24, 2.45) is 5.41 Å². The minimum absolute atomic E-state index is 0.344. The Morgan fingerprint density at radius 3 is 2.08 bits per heavy atom. The molecule has 3 heteroatoms. The van der Waals surface area contributed by atoms with E-state index in [1.54, 1.807) is 0 Å². The molecule has 2 saturated heterocycles. The highest BCUT2D eigenvalue weighted by atomic mass is 127. The summed E-state index contributed by atoms with van der Waals surface area (Å²) in [4.78, 5) is 2.61. The molecule has 0 aliphatic carbocycles. The van der Waals surface area contributed by atoms with Crippen LogP contribution in [0.25, 0.3) is 0 Å². The van der Waals surface area contributed by atoms with Gasteiger partial charge in [-0.15, -0.1) is 0 Å². The molecule has 0 aromatic carbocycles. The van der Waals surface area contributed by atoms with Gasteiger partial charge in [-0.25, -0.2) is 0 Å². The van der Waals surface area contributed by atoms with Gasteiger partial charge in [-0.3, -0.25) is 4.90 Å². The number of hydrogen-bond acceptors (Lipinski definition) is 2. The first-order valence-electron chi connectivity index (χ1n) is 5.17. The molecule has 0 bridgehead atoms. The van der Waals surface area contributed by atoms with Crippen LogP contribution in [-0.4, -0.2) is 34.6 Å². The monoisotopic (exact) mass is 294 g/mol. The average Bonchev–Trinajstić information content (AvgIpc) is 2.00. The fourth-order valence-electron chi connectivity index (χ4n) is 2.34. The number of halogens is 1. The van der Waals surface area contributed by atoms with Gasteiger partial charge in [-0.2, -0.15) is 0 Å². The first kappa shape index (κ1) is 10.2. The summed E-state index contributed by atoms with van der Waals surface area (Å²) in [5.41, 5.74) is 0.693. The average molecular weight is 294 g/mol. The molecule has 1 spiro atoms. The van der Waals surface area contributed by atoms with E-state index in [9.17, 15) is 0 Å². The summed E-state index contributed by atoms with van der Waals surface area (Å²) in [6.07, 6.45) is 2.79. The summed E-state index contributed by atoms with van der Waals surface area (Å²) in [5.74, 6) is 0. The number of piperidine rings is 1. The van der Waals surface area contributed by atoms with Gasteiger partial charge in [0.2, 0.25) is 0 Å². The van der Waals surface area contributed by atoms with E-state index in [0.717, 1.165) is 0 Å². The van der Waals surface area contributed by atoms with Gasteiger partial charge < -0.3 is 5.32 Å². The number of nitrogens with one attached hydrogen (secondary N) is 1. The Balaban J connectivity index is 1.89. The minimum atomic E-state index is 0.344. The van der Waals surface area contributed by atoms with Gasteiger partial charge >= 0.3 is 0 Å². The molecule has 0 amide bonds. The Morgan fingerprint density at radius 1 is 1.23 bits per heavy atom. The van der Waals surface area contributed by atoms with Crippen molar-refractivity contribution in [3.05, 3.63) is 0 Å². The molecule has 2 heterocycles. The SMILES string of the molecule is CC(C)(I)N1CCC2(CC1)CNC2. The van der Waals surface area contributed by atoms with Crippen LogP contribution in [0.5, 0.6) is 0 Å². The molecule has 2 fully saturated rings. The molecular weight excluding hydrogens is 275 g/mol. The van der Waals surface area contributed by atoms with Crippen molar-refractivity contribution in [3.63, 3.8) is 0 Å². The van der Waals surface area contributed by atoms with E-state index in [1.165, 1.54) is 39.0 Å². The summed E-state index contributed by atoms with van der Waals surface area (Å²) < 4.78 is 0.344. The molecular formula is C10H19IN2. The van der Waals surface area contributed by atoms with Crippen LogP contribution in [0.3, 0.4) is 0 Å².